The van der Waals surface area contributed by atoms with Gasteiger partial charge in [-0.15, -0.1) is 0 Å². The average Bonchev–Trinajstić information content (AvgIpc) is 0.730. The zero-order valence-corrected chi connectivity index (χ0v) is 54.1. The molecule has 12 aromatic rings. The van der Waals surface area contributed by atoms with Gasteiger partial charge in [-0.25, -0.2) is 0 Å². The zero-order chi connectivity index (χ0) is 65.9. The number of benzene rings is 12. The van der Waals surface area contributed by atoms with Crippen molar-refractivity contribution in [2.75, 3.05) is 0 Å². The Morgan fingerprint density at radius 3 is 0.406 bits per heavy atom. The fourth-order valence-corrected chi connectivity index (χ4v) is 23.7. The molecule has 1 aliphatic heterocycles. The van der Waals surface area contributed by atoms with Crippen LogP contribution in [0.3, 0.4) is 0 Å². The molecule has 1 aliphatic rings. The Labute approximate surface area is 555 Å². The van der Waals surface area contributed by atoms with Gasteiger partial charge in [0.2, 0.25) is 0 Å². The summed E-state index contributed by atoms with van der Waals surface area (Å²) in [6, 6.07) is 92.0. The van der Waals surface area contributed by atoms with Crippen LogP contribution in [0.1, 0.15) is 95.5 Å². The second kappa shape index (κ2) is 28.5. The van der Waals surface area contributed by atoms with Gasteiger partial charge in [-0.2, -0.15) is 0 Å². The minimum atomic E-state index is -4.88. The molecule has 0 aromatic heterocycles. The predicted molar refractivity (Wildman–Crippen MR) is 376 cm³/mol. The molecule has 0 aliphatic carbocycles. The molecule has 13 rings (SSSR count). The number of hydrogen-bond donors (Lipinski definition) is 3. The Morgan fingerprint density at radius 2 is 0.281 bits per heavy atom. The van der Waals surface area contributed by atoms with E-state index < -0.39 is 24.1 Å². The molecule has 12 aromatic carbocycles. The van der Waals surface area contributed by atoms with Crippen molar-refractivity contribution in [3.05, 3.63) is 394 Å². The summed E-state index contributed by atoms with van der Waals surface area (Å²) in [5, 5.41) is 0. The van der Waals surface area contributed by atoms with Gasteiger partial charge in [0.15, 0.2) is 0 Å². The summed E-state index contributed by atoms with van der Waals surface area (Å²) < 4.78 is 44.0. The van der Waals surface area contributed by atoms with E-state index in [0.29, 0.717) is 66.8 Å². The average molecular weight is 1320 g/mol. The number of hydrogen-bond acceptors (Lipinski definition) is 15. The van der Waals surface area contributed by atoms with E-state index in [1.807, 2.05) is 36.4 Å². The van der Waals surface area contributed by atoms with Crippen molar-refractivity contribution < 1.29 is 55.9 Å². The van der Waals surface area contributed by atoms with Crippen LogP contribution in [0.2, 0.25) is 0 Å². The van der Waals surface area contributed by atoms with Gasteiger partial charge in [0.1, 0.15) is 0 Å². The summed E-state index contributed by atoms with van der Waals surface area (Å²) in [5.41, 5.74) is 4.94. The van der Waals surface area contributed by atoms with Crippen LogP contribution < -0.4 is 41.7 Å². The van der Waals surface area contributed by atoms with Crippen molar-refractivity contribution in [3.63, 3.8) is 0 Å². The van der Waals surface area contributed by atoms with Crippen molar-refractivity contribution in [2.45, 2.75) is 0 Å². The summed E-state index contributed by atoms with van der Waals surface area (Å²) in [5.74, 6) is -0.383. The Bertz CT molecular complexity index is 3950. The van der Waals surface area contributed by atoms with Gasteiger partial charge in [-0.3, -0.25) is 0 Å². The Kier molecular flexibility index (Phi) is 18.8. The van der Waals surface area contributed by atoms with Gasteiger partial charge in [-0.1, -0.05) is 0 Å². The van der Waals surface area contributed by atoms with Crippen molar-refractivity contribution >= 4 is 58.8 Å². The second-order valence-electron chi connectivity index (χ2n) is 22.2. The maximum atomic E-state index is 14.0. The summed E-state index contributed by atoms with van der Waals surface area (Å²) in [6.45, 7) is 0. The molecule has 18 heteroatoms. The molecule has 0 spiro atoms. The third-order valence-electron chi connectivity index (χ3n) is 15.5. The standard InChI is InChI=1S/C78H60N3O12P3/c82-73(55-19-7-1-8-20-55)61-31-43-67(44-32-61)88-94(89-68-45-33-62(34-46-68)74(83)56-21-9-2-10-22-56)79-95(90-69-47-35-63(36-48-69)75(84)57-23-11-3-12-24-57,91-70-49-37-64(38-50-70)76(85)58-25-13-4-14-26-58)81-96(80-94,92-71-51-39-65(40-52-71)77(86)59-27-15-5-16-28-59)93-72-53-41-66(42-54-72)78(87)60-29-17-6-18-30-60/h1-54,79-81,94-96H. The minimum absolute atomic E-state index is 0.176. The quantitative estimate of drug-likeness (QED) is 0.0382. The number of rotatable bonds is 24. The summed E-state index contributed by atoms with van der Waals surface area (Å²) >= 11 is 0. The van der Waals surface area contributed by atoms with Gasteiger partial charge in [0.25, 0.3) is 0 Å². The van der Waals surface area contributed by atoms with Crippen LogP contribution in [0.15, 0.2) is 328 Å². The van der Waals surface area contributed by atoms with E-state index in [4.69, 9.17) is 27.1 Å². The molecule has 0 radical (unpaired) electrons. The van der Waals surface area contributed by atoms with Crippen LogP contribution >= 0.6 is 24.1 Å². The molecule has 3 N–H and O–H groups in total. The topological polar surface area (TPSA) is 194 Å². The van der Waals surface area contributed by atoms with E-state index in [0.717, 1.165) is 0 Å². The SMILES string of the molecule is O=C(c1ccccc1)c1ccc(O[PH]2(Oc3ccc(C(=O)c4ccccc4)cc3)N[PH](Oc3ccc(C(=O)c4ccccc4)cc3)(Oc3ccc(C(=O)c4ccccc4)cc3)N[PH](Oc3ccc(C(=O)c4ccccc4)cc3)(Oc3ccc(C(=O)c4ccccc4)cc3)N2)cc1. The van der Waals surface area contributed by atoms with E-state index >= 15 is 0 Å². The zero-order valence-electron chi connectivity index (χ0n) is 51.1. The molecule has 1 heterocycles. The van der Waals surface area contributed by atoms with Crippen LogP contribution in [0.25, 0.3) is 0 Å². The van der Waals surface area contributed by atoms with E-state index in [1.165, 1.54) is 0 Å². The molecular formula is C78H60N3O12P3. The fraction of sp³-hybridized carbons (Fsp3) is 0. The predicted octanol–water partition coefficient (Wildman–Crippen LogP) is 16.9. The van der Waals surface area contributed by atoms with Crippen LogP contribution in [-0.2, 0) is 0 Å². The third-order valence-corrected chi connectivity index (χ3v) is 26.5. The third kappa shape index (κ3) is 14.8. The monoisotopic (exact) mass is 1320 g/mol. The van der Waals surface area contributed by atoms with Gasteiger partial charge < -0.3 is 0 Å². The molecule has 1 fully saturated rings. The van der Waals surface area contributed by atoms with E-state index in [1.54, 1.807) is 291 Å². The van der Waals surface area contributed by atoms with Gasteiger partial charge in [0.05, 0.1) is 0 Å². The number of ketones is 6. The molecular weight excluding hydrogens is 1260 g/mol. The first-order valence-electron chi connectivity index (χ1n) is 30.6. The molecule has 0 bridgehead atoms. The van der Waals surface area contributed by atoms with E-state index in [9.17, 15) is 28.8 Å². The molecule has 0 saturated carbocycles. The van der Waals surface area contributed by atoms with Crippen LogP contribution in [0, 0.1) is 0 Å². The van der Waals surface area contributed by atoms with Gasteiger partial charge in [0, 0.05) is 0 Å². The number of nitrogens with one attached hydrogen (secondary N) is 3. The van der Waals surface area contributed by atoms with Crippen LogP contribution in [0.4, 0.5) is 0 Å². The molecule has 0 amide bonds. The maximum absolute atomic E-state index is 14.0. The van der Waals surface area contributed by atoms with Crippen molar-refractivity contribution in [1.29, 1.82) is 0 Å². The first kappa shape index (κ1) is 63.4. The Morgan fingerprint density at radius 1 is 0.167 bits per heavy atom. The van der Waals surface area contributed by atoms with E-state index in [2.05, 4.69) is 14.6 Å². The van der Waals surface area contributed by atoms with Crippen molar-refractivity contribution in [3.8, 4) is 34.5 Å². The fourth-order valence-electron chi connectivity index (χ4n) is 10.7. The Hall–Kier alpha value is -11.4. The van der Waals surface area contributed by atoms with Gasteiger partial charge in [-0.05, 0) is 0 Å². The van der Waals surface area contributed by atoms with Crippen LogP contribution in [-0.4, -0.2) is 34.7 Å². The molecule has 0 atom stereocenters. The summed E-state index contributed by atoms with van der Waals surface area (Å²) in [7, 11) is -14.7. The normalized spacial score (nSPS) is 14.4. The summed E-state index contributed by atoms with van der Waals surface area (Å²) in [6.07, 6.45) is 0. The summed E-state index contributed by atoms with van der Waals surface area (Å²) in [4.78, 5) is 94.6. The van der Waals surface area contributed by atoms with Crippen molar-refractivity contribution in [2.24, 2.45) is 0 Å². The molecule has 96 heavy (non-hydrogen) atoms. The first-order valence-corrected chi connectivity index (χ1v) is 36.0. The second-order valence-corrected chi connectivity index (χ2v) is 30.1. The van der Waals surface area contributed by atoms with E-state index in [-0.39, 0.29) is 69.2 Å². The van der Waals surface area contributed by atoms with Crippen molar-refractivity contribution in [1.82, 2.24) is 14.6 Å². The molecule has 0 unspecified atom stereocenters. The van der Waals surface area contributed by atoms with Gasteiger partial charge >= 0.3 is 558 Å². The molecule has 474 valence electrons. The van der Waals surface area contributed by atoms with Crippen LogP contribution in [0.5, 0.6) is 34.5 Å². The number of carbonyl (C=O) groups is 6. The molecule has 1 saturated heterocycles. The first-order chi connectivity index (χ1) is 46.9. The Balaban J connectivity index is 0.998. The molecule has 15 nitrogen and oxygen atoms in total. The number of carbonyl (C=O) groups excluding carboxylic acids is 6.